The van der Waals surface area contributed by atoms with Crippen molar-refractivity contribution < 1.29 is 9.13 Å². The molecular formula is C17H14Cl2FNO. The number of hydrogen-bond acceptors (Lipinski definition) is 2. The van der Waals surface area contributed by atoms with Gasteiger partial charge in [0.1, 0.15) is 22.5 Å². The molecule has 0 aliphatic rings. The summed E-state index contributed by atoms with van der Waals surface area (Å²) >= 11 is 12.2. The predicted octanol–water partition coefficient (Wildman–Crippen LogP) is 6.50. The van der Waals surface area contributed by atoms with E-state index in [1.807, 2.05) is 13.8 Å². The molecule has 0 aliphatic carbocycles. The van der Waals surface area contributed by atoms with Crippen molar-refractivity contribution in [3.05, 3.63) is 64.7 Å². The highest BCUT2D eigenvalue weighted by Crippen LogP contribution is 2.37. The Morgan fingerprint density at radius 3 is 2.32 bits per heavy atom. The van der Waals surface area contributed by atoms with Crippen molar-refractivity contribution in [2.75, 3.05) is 0 Å². The summed E-state index contributed by atoms with van der Waals surface area (Å²) in [6.07, 6.45) is 1.58. The van der Waals surface area contributed by atoms with Gasteiger partial charge in [-0.1, -0.05) is 37.0 Å². The summed E-state index contributed by atoms with van der Waals surface area (Å²) < 4.78 is 18.6. The van der Waals surface area contributed by atoms with Crippen molar-refractivity contribution in [2.45, 2.75) is 13.8 Å². The first-order chi connectivity index (χ1) is 10.6. The van der Waals surface area contributed by atoms with Crippen molar-refractivity contribution in [1.29, 1.82) is 0 Å². The summed E-state index contributed by atoms with van der Waals surface area (Å²) in [5, 5.41) is 2.26. The summed E-state index contributed by atoms with van der Waals surface area (Å²) in [7, 11) is 0. The molecule has 2 aromatic carbocycles. The number of fused-ring (bicyclic) bond motifs is 1. The van der Waals surface area contributed by atoms with Gasteiger partial charge >= 0.3 is 0 Å². The van der Waals surface area contributed by atoms with Crippen molar-refractivity contribution in [1.82, 2.24) is 4.98 Å². The van der Waals surface area contributed by atoms with E-state index in [0.717, 1.165) is 5.39 Å². The molecule has 0 saturated heterocycles. The maximum absolute atomic E-state index is 12.9. The van der Waals surface area contributed by atoms with Crippen molar-refractivity contribution in [2.24, 2.45) is 0 Å². The van der Waals surface area contributed by atoms with E-state index in [4.69, 9.17) is 27.9 Å². The molecule has 0 aliphatic heterocycles. The van der Waals surface area contributed by atoms with Crippen LogP contribution in [0.4, 0.5) is 4.39 Å². The van der Waals surface area contributed by atoms with E-state index < -0.39 is 0 Å². The quantitative estimate of drug-likeness (QED) is 0.498. The lowest BCUT2D eigenvalue weighted by Crippen LogP contribution is -1.89. The summed E-state index contributed by atoms with van der Waals surface area (Å²) in [6, 6.07) is 10.9. The van der Waals surface area contributed by atoms with Gasteiger partial charge in [0, 0.05) is 16.6 Å². The normalized spacial score (nSPS) is 10.0. The Bertz CT molecular complexity index is 775. The number of hydrogen-bond donors (Lipinski definition) is 0. The van der Waals surface area contributed by atoms with Crippen LogP contribution >= 0.6 is 23.2 Å². The first kappa shape index (κ1) is 16.5. The zero-order valence-electron chi connectivity index (χ0n) is 12.1. The van der Waals surface area contributed by atoms with Crippen LogP contribution in [0, 0.1) is 5.82 Å². The predicted molar refractivity (Wildman–Crippen MR) is 89.6 cm³/mol. The molecule has 0 amide bonds. The maximum Gasteiger partial charge on any atom is 0.140 e. The Balaban J connectivity index is 0.000000847. The van der Waals surface area contributed by atoms with Crippen LogP contribution in [0.3, 0.4) is 0 Å². The molecule has 114 valence electrons. The molecule has 3 aromatic rings. The van der Waals surface area contributed by atoms with Crippen LogP contribution in [0.2, 0.25) is 10.2 Å². The highest BCUT2D eigenvalue weighted by molar-refractivity contribution is 6.39. The standard InChI is InChI=1S/C15H8Cl2FNO.C2H6/c16-12-5-6-13(14-11(12)7-8-19-15(14)17)20-10-3-1-9(18)2-4-10;1-2/h1-8H;1-2H3. The van der Waals surface area contributed by atoms with Crippen LogP contribution in [-0.4, -0.2) is 4.98 Å². The summed E-state index contributed by atoms with van der Waals surface area (Å²) in [5.41, 5.74) is 0. The Kier molecular flexibility index (Phi) is 5.58. The molecule has 0 fully saturated rings. The smallest absolute Gasteiger partial charge is 0.140 e. The molecule has 5 heteroatoms. The van der Waals surface area contributed by atoms with Gasteiger partial charge in [0.15, 0.2) is 0 Å². The number of nitrogens with zero attached hydrogens (tertiary/aromatic N) is 1. The van der Waals surface area contributed by atoms with Gasteiger partial charge in [-0.15, -0.1) is 0 Å². The number of aromatic nitrogens is 1. The van der Waals surface area contributed by atoms with Gasteiger partial charge in [-0.3, -0.25) is 0 Å². The lowest BCUT2D eigenvalue weighted by atomic mass is 10.1. The number of benzene rings is 2. The fourth-order valence-corrected chi connectivity index (χ4v) is 2.38. The van der Waals surface area contributed by atoms with E-state index in [9.17, 15) is 4.39 Å². The molecule has 2 nitrogen and oxygen atoms in total. The highest BCUT2D eigenvalue weighted by atomic mass is 35.5. The largest absolute Gasteiger partial charge is 0.457 e. The average molecular weight is 338 g/mol. The highest BCUT2D eigenvalue weighted by Gasteiger charge is 2.11. The third kappa shape index (κ3) is 3.49. The van der Waals surface area contributed by atoms with Crippen LogP contribution in [-0.2, 0) is 0 Å². The maximum atomic E-state index is 12.9. The zero-order chi connectivity index (χ0) is 16.1. The minimum atomic E-state index is -0.321. The number of halogens is 3. The second-order valence-corrected chi connectivity index (χ2v) is 4.89. The lowest BCUT2D eigenvalue weighted by Gasteiger charge is -2.10. The molecule has 0 bridgehead atoms. The van der Waals surface area contributed by atoms with Crippen LogP contribution in [0.1, 0.15) is 13.8 Å². The van der Waals surface area contributed by atoms with Crippen molar-refractivity contribution in [3.8, 4) is 11.5 Å². The third-order valence-electron chi connectivity index (χ3n) is 2.83. The lowest BCUT2D eigenvalue weighted by molar-refractivity contribution is 0.486. The van der Waals surface area contributed by atoms with E-state index in [-0.39, 0.29) is 5.82 Å². The summed E-state index contributed by atoms with van der Waals surface area (Å²) in [6.45, 7) is 4.00. The van der Waals surface area contributed by atoms with E-state index in [1.54, 1.807) is 36.5 Å². The van der Waals surface area contributed by atoms with Crippen LogP contribution < -0.4 is 4.74 Å². The molecule has 0 radical (unpaired) electrons. The first-order valence-corrected chi connectivity index (χ1v) is 7.57. The molecule has 0 unspecified atom stereocenters. The molecule has 3 rings (SSSR count). The van der Waals surface area contributed by atoms with E-state index in [0.29, 0.717) is 27.1 Å². The molecule has 1 aromatic heterocycles. The van der Waals surface area contributed by atoms with Gasteiger partial charge in [0.2, 0.25) is 0 Å². The van der Waals surface area contributed by atoms with Crippen LogP contribution in [0.15, 0.2) is 48.7 Å². The summed E-state index contributed by atoms with van der Waals surface area (Å²) in [4.78, 5) is 4.03. The molecular weight excluding hydrogens is 324 g/mol. The zero-order valence-corrected chi connectivity index (χ0v) is 13.6. The van der Waals surface area contributed by atoms with Crippen LogP contribution in [0.5, 0.6) is 11.5 Å². The Morgan fingerprint density at radius 1 is 0.955 bits per heavy atom. The van der Waals surface area contributed by atoms with E-state index >= 15 is 0 Å². The van der Waals surface area contributed by atoms with Gasteiger partial charge in [-0.05, 0) is 42.5 Å². The Labute approximate surface area is 138 Å². The second kappa shape index (κ2) is 7.43. The Morgan fingerprint density at radius 2 is 1.64 bits per heavy atom. The van der Waals surface area contributed by atoms with E-state index in [2.05, 4.69) is 4.98 Å². The minimum absolute atomic E-state index is 0.308. The second-order valence-electron chi connectivity index (χ2n) is 4.13. The Hall–Kier alpha value is -1.84. The monoisotopic (exact) mass is 337 g/mol. The van der Waals surface area contributed by atoms with Gasteiger partial charge in [-0.2, -0.15) is 0 Å². The minimum Gasteiger partial charge on any atom is -0.457 e. The average Bonchev–Trinajstić information content (AvgIpc) is 2.54. The van der Waals surface area contributed by atoms with Crippen molar-refractivity contribution >= 4 is 34.0 Å². The molecule has 0 spiro atoms. The summed E-state index contributed by atoms with van der Waals surface area (Å²) in [5.74, 6) is 0.710. The van der Waals surface area contributed by atoms with E-state index in [1.165, 1.54) is 12.1 Å². The topological polar surface area (TPSA) is 22.1 Å². The first-order valence-electron chi connectivity index (χ1n) is 6.81. The molecule has 0 saturated carbocycles. The third-order valence-corrected chi connectivity index (χ3v) is 3.45. The number of pyridine rings is 1. The SMILES string of the molecule is CC.Fc1ccc(Oc2ccc(Cl)c3ccnc(Cl)c23)cc1. The molecule has 0 atom stereocenters. The fraction of sp³-hybridized carbons (Fsp3) is 0.118. The molecule has 1 heterocycles. The van der Waals surface area contributed by atoms with Crippen molar-refractivity contribution in [3.63, 3.8) is 0 Å². The van der Waals surface area contributed by atoms with Crippen LogP contribution in [0.25, 0.3) is 10.8 Å². The fourth-order valence-electron chi connectivity index (χ4n) is 1.91. The van der Waals surface area contributed by atoms with Gasteiger partial charge in [-0.25, -0.2) is 9.37 Å². The molecule has 22 heavy (non-hydrogen) atoms. The number of ether oxygens (including phenoxy) is 1. The van der Waals surface area contributed by atoms with Gasteiger partial charge in [0.05, 0.1) is 5.39 Å². The molecule has 0 N–H and O–H groups in total. The number of rotatable bonds is 2. The van der Waals surface area contributed by atoms with Gasteiger partial charge < -0.3 is 4.74 Å². The van der Waals surface area contributed by atoms with Gasteiger partial charge in [0.25, 0.3) is 0 Å².